The first-order valence-corrected chi connectivity index (χ1v) is 5.78. The Bertz CT molecular complexity index is 420. The Morgan fingerprint density at radius 3 is 2.88 bits per heavy atom. The zero-order valence-electron chi connectivity index (χ0n) is 10.3. The molecule has 0 spiro atoms. The van der Waals surface area contributed by atoms with Gasteiger partial charge in [-0.2, -0.15) is 0 Å². The lowest BCUT2D eigenvalue weighted by molar-refractivity contribution is 0.246. The maximum absolute atomic E-state index is 13.4. The van der Waals surface area contributed by atoms with Gasteiger partial charge in [-0.15, -0.1) is 0 Å². The molecular formula is C14H18FNO. The minimum atomic E-state index is -0.355. The summed E-state index contributed by atoms with van der Waals surface area (Å²) in [5.74, 6) is 5.89. The monoisotopic (exact) mass is 235 g/mol. The number of halogens is 1. The molecule has 0 fully saturated rings. The van der Waals surface area contributed by atoms with Crippen molar-refractivity contribution in [2.75, 3.05) is 13.2 Å². The molecule has 2 nitrogen and oxygen atoms in total. The normalized spacial score (nSPS) is 11.5. The molecule has 1 atom stereocenters. The molecule has 0 heterocycles. The summed E-state index contributed by atoms with van der Waals surface area (Å²) in [6, 6.07) is 4.60. The molecule has 1 aromatic carbocycles. The summed E-state index contributed by atoms with van der Waals surface area (Å²) in [5.41, 5.74) is 6.00. The van der Waals surface area contributed by atoms with Gasteiger partial charge in [0.15, 0.2) is 11.6 Å². The average Bonchev–Trinajstić information content (AvgIpc) is 2.35. The van der Waals surface area contributed by atoms with Crippen LogP contribution in [0.15, 0.2) is 18.2 Å². The molecule has 0 bridgehead atoms. The molecule has 92 valence electrons. The van der Waals surface area contributed by atoms with E-state index < -0.39 is 0 Å². The first kappa shape index (κ1) is 13.5. The number of benzene rings is 1. The molecule has 1 aromatic rings. The molecular weight excluding hydrogens is 217 g/mol. The number of rotatable bonds is 4. The summed E-state index contributed by atoms with van der Waals surface area (Å²) in [6.45, 7) is 4.95. The van der Waals surface area contributed by atoms with Crippen LogP contribution in [0, 0.1) is 23.6 Å². The molecule has 3 heteroatoms. The van der Waals surface area contributed by atoms with Crippen molar-refractivity contribution in [2.24, 2.45) is 11.7 Å². The van der Waals surface area contributed by atoms with E-state index in [0.717, 1.165) is 12.0 Å². The van der Waals surface area contributed by atoms with Gasteiger partial charge in [-0.25, -0.2) is 4.39 Å². The summed E-state index contributed by atoms with van der Waals surface area (Å²) in [6.07, 6.45) is 1.01. The van der Waals surface area contributed by atoms with Crippen molar-refractivity contribution in [1.29, 1.82) is 0 Å². The van der Waals surface area contributed by atoms with Crippen LogP contribution >= 0.6 is 0 Å². The van der Waals surface area contributed by atoms with Crippen LogP contribution in [-0.2, 0) is 0 Å². The first-order valence-electron chi connectivity index (χ1n) is 5.78. The van der Waals surface area contributed by atoms with Crippen LogP contribution in [0.1, 0.15) is 25.8 Å². The van der Waals surface area contributed by atoms with Gasteiger partial charge in [-0.3, -0.25) is 0 Å². The van der Waals surface area contributed by atoms with Crippen molar-refractivity contribution < 1.29 is 9.13 Å². The minimum absolute atomic E-state index is 0.258. The summed E-state index contributed by atoms with van der Waals surface area (Å²) in [7, 11) is 0. The molecule has 17 heavy (non-hydrogen) atoms. The predicted molar refractivity (Wildman–Crippen MR) is 67.3 cm³/mol. The molecule has 0 radical (unpaired) electrons. The predicted octanol–water partition coefficient (Wildman–Crippen LogP) is 2.56. The van der Waals surface area contributed by atoms with Crippen LogP contribution in [-0.4, -0.2) is 13.2 Å². The van der Waals surface area contributed by atoms with E-state index in [1.807, 2.05) is 0 Å². The minimum Gasteiger partial charge on any atom is -0.490 e. The number of hydrogen-bond donors (Lipinski definition) is 1. The van der Waals surface area contributed by atoms with Crippen LogP contribution < -0.4 is 10.5 Å². The Morgan fingerprint density at radius 1 is 1.47 bits per heavy atom. The maximum Gasteiger partial charge on any atom is 0.165 e. The molecule has 0 amide bonds. The number of hydrogen-bond acceptors (Lipinski definition) is 2. The second kappa shape index (κ2) is 6.93. The first-order chi connectivity index (χ1) is 8.17. The van der Waals surface area contributed by atoms with Crippen molar-refractivity contribution in [3.05, 3.63) is 29.6 Å². The van der Waals surface area contributed by atoms with Crippen LogP contribution in [0.3, 0.4) is 0 Å². The van der Waals surface area contributed by atoms with Gasteiger partial charge in [-0.05, 0) is 24.1 Å². The van der Waals surface area contributed by atoms with Crippen molar-refractivity contribution in [2.45, 2.75) is 20.3 Å². The topological polar surface area (TPSA) is 35.2 Å². The fourth-order valence-electron chi connectivity index (χ4n) is 1.19. The Morgan fingerprint density at radius 2 is 2.24 bits per heavy atom. The van der Waals surface area contributed by atoms with E-state index in [1.165, 1.54) is 6.07 Å². The highest BCUT2D eigenvalue weighted by Gasteiger charge is 2.06. The lowest BCUT2D eigenvalue weighted by Crippen LogP contribution is -2.08. The van der Waals surface area contributed by atoms with E-state index in [2.05, 4.69) is 25.7 Å². The molecule has 0 saturated carbocycles. The van der Waals surface area contributed by atoms with Gasteiger partial charge >= 0.3 is 0 Å². The van der Waals surface area contributed by atoms with Gasteiger partial charge in [0.25, 0.3) is 0 Å². The molecule has 1 rings (SSSR count). The van der Waals surface area contributed by atoms with Gasteiger partial charge in [0.05, 0.1) is 13.2 Å². The Hall–Kier alpha value is -1.53. The summed E-state index contributed by atoms with van der Waals surface area (Å²) in [5, 5.41) is 0. The zero-order chi connectivity index (χ0) is 12.7. The molecule has 0 aliphatic heterocycles. The van der Waals surface area contributed by atoms with Gasteiger partial charge in [-0.1, -0.05) is 32.1 Å². The Kier molecular flexibility index (Phi) is 5.51. The average molecular weight is 235 g/mol. The Labute approximate surface area is 102 Å². The second-order valence-electron chi connectivity index (χ2n) is 3.98. The quantitative estimate of drug-likeness (QED) is 0.814. The largest absolute Gasteiger partial charge is 0.490 e. The van der Waals surface area contributed by atoms with Crippen molar-refractivity contribution in [3.8, 4) is 17.6 Å². The fourth-order valence-corrected chi connectivity index (χ4v) is 1.19. The fraction of sp³-hybridized carbons (Fsp3) is 0.429. The third kappa shape index (κ3) is 4.46. The Balaban J connectivity index is 2.76. The molecule has 0 aromatic heterocycles. The molecule has 0 aliphatic carbocycles. The smallest absolute Gasteiger partial charge is 0.165 e. The van der Waals surface area contributed by atoms with E-state index >= 15 is 0 Å². The van der Waals surface area contributed by atoms with Gasteiger partial charge in [0.1, 0.15) is 0 Å². The summed E-state index contributed by atoms with van der Waals surface area (Å²) in [4.78, 5) is 0. The van der Waals surface area contributed by atoms with E-state index in [-0.39, 0.29) is 11.6 Å². The van der Waals surface area contributed by atoms with Crippen LogP contribution in [0.5, 0.6) is 5.75 Å². The van der Waals surface area contributed by atoms with Gasteiger partial charge in [0.2, 0.25) is 0 Å². The molecule has 2 N–H and O–H groups in total. The molecule has 1 unspecified atom stereocenters. The van der Waals surface area contributed by atoms with Crippen molar-refractivity contribution in [1.82, 2.24) is 0 Å². The van der Waals surface area contributed by atoms with Crippen molar-refractivity contribution in [3.63, 3.8) is 0 Å². The summed E-state index contributed by atoms with van der Waals surface area (Å²) >= 11 is 0. The highest BCUT2D eigenvalue weighted by Crippen LogP contribution is 2.19. The second-order valence-corrected chi connectivity index (χ2v) is 3.98. The molecule has 0 saturated heterocycles. The molecule has 0 aliphatic rings. The highest BCUT2D eigenvalue weighted by molar-refractivity contribution is 5.40. The van der Waals surface area contributed by atoms with Gasteiger partial charge < -0.3 is 10.5 Å². The lowest BCUT2D eigenvalue weighted by atomic mass is 10.1. The summed E-state index contributed by atoms with van der Waals surface area (Å²) < 4.78 is 18.9. The van der Waals surface area contributed by atoms with E-state index in [9.17, 15) is 4.39 Å². The van der Waals surface area contributed by atoms with Crippen molar-refractivity contribution >= 4 is 0 Å². The van der Waals surface area contributed by atoms with Gasteiger partial charge in [0, 0.05) is 5.56 Å². The van der Waals surface area contributed by atoms with E-state index in [4.69, 9.17) is 10.5 Å². The third-order valence-electron chi connectivity index (χ3n) is 2.49. The van der Waals surface area contributed by atoms with Crippen LogP contribution in [0.4, 0.5) is 4.39 Å². The SMILES string of the molecule is CCC(C)COc1cc(C#CCN)ccc1F. The lowest BCUT2D eigenvalue weighted by Gasteiger charge is -2.11. The van der Waals surface area contributed by atoms with Crippen LogP contribution in [0.25, 0.3) is 0 Å². The number of ether oxygens (including phenoxy) is 1. The highest BCUT2D eigenvalue weighted by atomic mass is 19.1. The third-order valence-corrected chi connectivity index (χ3v) is 2.49. The van der Waals surface area contributed by atoms with Crippen LogP contribution in [0.2, 0.25) is 0 Å². The standard InChI is InChI=1S/C14H18FNO/c1-3-11(2)10-17-14-9-12(5-4-8-16)6-7-13(14)15/h6-7,9,11H,3,8,10,16H2,1-2H3. The maximum atomic E-state index is 13.4. The zero-order valence-corrected chi connectivity index (χ0v) is 10.3. The van der Waals surface area contributed by atoms with E-state index in [0.29, 0.717) is 19.1 Å². The van der Waals surface area contributed by atoms with E-state index in [1.54, 1.807) is 12.1 Å². The number of nitrogens with two attached hydrogens (primary N) is 1.